The minimum Gasteiger partial charge on any atom is -0.465 e. The second-order valence-corrected chi connectivity index (χ2v) is 5.44. The molecule has 0 aliphatic rings. The molecule has 1 aromatic heterocycles. The zero-order chi connectivity index (χ0) is 14.4. The SMILES string of the molecule is C=CCNC(=S)Nc1sc(C)c(CC)c1C(=O)OC. The van der Waals surface area contributed by atoms with Crippen LogP contribution in [0.1, 0.15) is 27.7 Å². The van der Waals surface area contributed by atoms with Crippen molar-refractivity contribution >= 4 is 39.6 Å². The number of hydrogen-bond donors (Lipinski definition) is 2. The fourth-order valence-electron chi connectivity index (χ4n) is 1.72. The Labute approximate surface area is 122 Å². The minimum atomic E-state index is -0.338. The molecule has 0 aliphatic carbocycles. The molecule has 0 spiro atoms. The smallest absolute Gasteiger partial charge is 0.341 e. The molecular weight excluding hydrogens is 280 g/mol. The molecule has 0 aromatic carbocycles. The van der Waals surface area contributed by atoms with E-state index in [0.717, 1.165) is 21.9 Å². The minimum absolute atomic E-state index is 0.338. The summed E-state index contributed by atoms with van der Waals surface area (Å²) < 4.78 is 4.84. The van der Waals surface area contributed by atoms with Gasteiger partial charge in [0, 0.05) is 11.4 Å². The van der Waals surface area contributed by atoms with E-state index in [0.29, 0.717) is 17.2 Å². The first-order valence-corrected chi connectivity index (χ1v) is 7.13. The average Bonchev–Trinajstić information content (AvgIpc) is 2.70. The Hall–Kier alpha value is -1.40. The molecule has 1 heterocycles. The van der Waals surface area contributed by atoms with Crippen LogP contribution in [0.3, 0.4) is 0 Å². The Balaban J connectivity index is 3.03. The molecule has 0 fully saturated rings. The number of hydrogen-bond acceptors (Lipinski definition) is 4. The van der Waals surface area contributed by atoms with Crippen LogP contribution in [0, 0.1) is 6.92 Å². The van der Waals surface area contributed by atoms with E-state index in [2.05, 4.69) is 17.2 Å². The monoisotopic (exact) mass is 298 g/mol. The number of rotatable bonds is 5. The van der Waals surface area contributed by atoms with E-state index >= 15 is 0 Å². The topological polar surface area (TPSA) is 50.4 Å². The first kappa shape index (κ1) is 15.7. The highest BCUT2D eigenvalue weighted by Gasteiger charge is 2.22. The molecule has 0 radical (unpaired) electrons. The molecule has 0 atom stereocenters. The average molecular weight is 298 g/mol. The fourth-order valence-corrected chi connectivity index (χ4v) is 3.11. The summed E-state index contributed by atoms with van der Waals surface area (Å²) in [4.78, 5) is 13.0. The third-order valence-corrected chi connectivity index (χ3v) is 3.90. The van der Waals surface area contributed by atoms with Crippen LogP contribution < -0.4 is 10.6 Å². The Bertz CT molecular complexity index is 495. The van der Waals surface area contributed by atoms with Crippen molar-refractivity contribution in [3.05, 3.63) is 28.7 Å². The third kappa shape index (κ3) is 3.78. The molecule has 104 valence electrons. The van der Waals surface area contributed by atoms with Crippen LogP contribution >= 0.6 is 23.6 Å². The Kier molecular flexibility index (Phi) is 5.98. The van der Waals surface area contributed by atoms with Crippen LogP contribution in [0.5, 0.6) is 0 Å². The van der Waals surface area contributed by atoms with Crippen LogP contribution in [0.15, 0.2) is 12.7 Å². The van der Waals surface area contributed by atoms with Gasteiger partial charge >= 0.3 is 5.97 Å². The highest BCUT2D eigenvalue weighted by atomic mass is 32.1. The molecule has 0 saturated carbocycles. The maximum absolute atomic E-state index is 11.9. The predicted molar refractivity (Wildman–Crippen MR) is 84.2 cm³/mol. The number of carbonyl (C=O) groups excluding carboxylic acids is 1. The van der Waals surface area contributed by atoms with Gasteiger partial charge in [0.2, 0.25) is 0 Å². The second-order valence-electron chi connectivity index (χ2n) is 3.81. The lowest BCUT2D eigenvalue weighted by Crippen LogP contribution is -2.28. The Morgan fingerprint density at radius 2 is 2.26 bits per heavy atom. The van der Waals surface area contributed by atoms with E-state index in [9.17, 15) is 4.79 Å². The Morgan fingerprint density at radius 3 is 2.79 bits per heavy atom. The van der Waals surface area contributed by atoms with Gasteiger partial charge in [-0.3, -0.25) is 0 Å². The number of anilines is 1. The number of ether oxygens (including phenoxy) is 1. The summed E-state index contributed by atoms with van der Waals surface area (Å²) in [5, 5.41) is 7.21. The van der Waals surface area contributed by atoms with E-state index in [1.807, 2.05) is 13.8 Å². The highest BCUT2D eigenvalue weighted by molar-refractivity contribution is 7.80. The molecule has 4 nitrogen and oxygen atoms in total. The highest BCUT2D eigenvalue weighted by Crippen LogP contribution is 2.33. The number of aryl methyl sites for hydroxylation is 1. The number of thiophene rings is 1. The molecule has 0 aliphatic heterocycles. The summed E-state index contributed by atoms with van der Waals surface area (Å²) in [6, 6.07) is 0. The largest absolute Gasteiger partial charge is 0.465 e. The molecular formula is C13H18N2O2S2. The van der Waals surface area contributed by atoms with Gasteiger partial charge in [0.15, 0.2) is 5.11 Å². The van der Waals surface area contributed by atoms with Crippen molar-refractivity contribution in [2.24, 2.45) is 0 Å². The van der Waals surface area contributed by atoms with Crippen molar-refractivity contribution in [3.8, 4) is 0 Å². The molecule has 0 amide bonds. The van der Waals surface area contributed by atoms with Gasteiger partial charge in [-0.15, -0.1) is 17.9 Å². The zero-order valence-corrected chi connectivity index (χ0v) is 13.0. The zero-order valence-electron chi connectivity index (χ0n) is 11.3. The fraction of sp³-hybridized carbons (Fsp3) is 0.385. The molecule has 0 bridgehead atoms. The third-order valence-electron chi connectivity index (χ3n) is 2.59. The first-order valence-electron chi connectivity index (χ1n) is 5.91. The van der Waals surface area contributed by atoms with E-state index in [4.69, 9.17) is 17.0 Å². The summed E-state index contributed by atoms with van der Waals surface area (Å²) in [7, 11) is 1.38. The van der Waals surface area contributed by atoms with Crippen molar-refractivity contribution in [2.45, 2.75) is 20.3 Å². The maximum Gasteiger partial charge on any atom is 0.341 e. The predicted octanol–water partition coefficient (Wildman–Crippen LogP) is 2.88. The van der Waals surface area contributed by atoms with Crippen molar-refractivity contribution in [1.29, 1.82) is 0 Å². The van der Waals surface area contributed by atoms with E-state index in [1.54, 1.807) is 6.08 Å². The summed E-state index contributed by atoms with van der Waals surface area (Å²) in [5.74, 6) is -0.338. The quantitative estimate of drug-likeness (QED) is 0.497. The van der Waals surface area contributed by atoms with Crippen molar-refractivity contribution in [2.75, 3.05) is 19.0 Å². The number of carbonyl (C=O) groups is 1. The number of nitrogens with one attached hydrogen (secondary N) is 2. The van der Waals surface area contributed by atoms with Gasteiger partial charge in [0.1, 0.15) is 5.00 Å². The normalized spacial score (nSPS) is 9.84. The van der Waals surface area contributed by atoms with Gasteiger partial charge in [0.25, 0.3) is 0 Å². The van der Waals surface area contributed by atoms with E-state index < -0.39 is 0 Å². The van der Waals surface area contributed by atoms with Crippen molar-refractivity contribution in [1.82, 2.24) is 5.32 Å². The summed E-state index contributed by atoms with van der Waals surface area (Å²) in [6.07, 6.45) is 2.49. The molecule has 6 heteroatoms. The van der Waals surface area contributed by atoms with Gasteiger partial charge in [-0.05, 0) is 31.1 Å². The van der Waals surface area contributed by atoms with Gasteiger partial charge in [-0.1, -0.05) is 13.0 Å². The summed E-state index contributed by atoms with van der Waals surface area (Å²) in [5.41, 5.74) is 1.58. The maximum atomic E-state index is 11.9. The molecule has 0 unspecified atom stereocenters. The summed E-state index contributed by atoms with van der Waals surface area (Å²) >= 11 is 6.66. The molecule has 19 heavy (non-hydrogen) atoms. The van der Waals surface area contributed by atoms with Gasteiger partial charge < -0.3 is 15.4 Å². The van der Waals surface area contributed by atoms with Crippen LogP contribution in [0.2, 0.25) is 0 Å². The molecule has 0 saturated heterocycles. The van der Waals surface area contributed by atoms with Crippen LogP contribution in [-0.4, -0.2) is 24.7 Å². The lowest BCUT2D eigenvalue weighted by atomic mass is 10.1. The van der Waals surface area contributed by atoms with Crippen molar-refractivity contribution in [3.63, 3.8) is 0 Å². The molecule has 2 N–H and O–H groups in total. The van der Waals surface area contributed by atoms with E-state index in [-0.39, 0.29) is 5.97 Å². The molecule has 1 aromatic rings. The van der Waals surface area contributed by atoms with Crippen LogP contribution in [0.4, 0.5) is 5.00 Å². The first-order chi connectivity index (χ1) is 9.04. The lowest BCUT2D eigenvalue weighted by Gasteiger charge is -2.09. The van der Waals surface area contributed by atoms with E-state index in [1.165, 1.54) is 18.4 Å². The number of thiocarbonyl (C=S) groups is 1. The number of esters is 1. The van der Waals surface area contributed by atoms with Crippen LogP contribution in [-0.2, 0) is 11.2 Å². The van der Waals surface area contributed by atoms with Gasteiger partial charge in [-0.25, -0.2) is 4.79 Å². The van der Waals surface area contributed by atoms with Gasteiger partial charge in [-0.2, -0.15) is 0 Å². The number of methoxy groups -OCH3 is 1. The van der Waals surface area contributed by atoms with Crippen molar-refractivity contribution < 1.29 is 9.53 Å². The second kappa shape index (κ2) is 7.25. The van der Waals surface area contributed by atoms with Crippen LogP contribution in [0.25, 0.3) is 0 Å². The summed E-state index contributed by atoms with van der Waals surface area (Å²) in [6.45, 7) is 8.18. The Morgan fingerprint density at radius 1 is 1.58 bits per heavy atom. The molecule has 1 rings (SSSR count). The standard InChI is InChI=1S/C13H18N2O2S2/c1-5-7-14-13(18)15-11-10(12(16)17-4)9(6-2)8(3)19-11/h5H,1,6-7H2,2-4H3,(H2,14,15,18). The van der Waals surface area contributed by atoms with Gasteiger partial charge in [0.05, 0.1) is 12.7 Å². The lowest BCUT2D eigenvalue weighted by molar-refractivity contribution is 0.0601.